The summed E-state index contributed by atoms with van der Waals surface area (Å²) < 4.78 is 29.9. The second-order valence-corrected chi connectivity index (χ2v) is 8.74. The van der Waals surface area contributed by atoms with Gasteiger partial charge in [-0.2, -0.15) is 13.9 Å². The van der Waals surface area contributed by atoms with Crippen LogP contribution in [0.5, 0.6) is 0 Å². The number of fused-ring (bicyclic) bond motifs is 1. The van der Waals surface area contributed by atoms with E-state index in [4.69, 9.17) is 0 Å². The molecule has 3 heterocycles. The fraction of sp³-hybridized carbons (Fsp3) is 0.682. The van der Waals surface area contributed by atoms with Crippen LogP contribution in [0, 0.1) is 5.92 Å². The first kappa shape index (κ1) is 20.2. The van der Waals surface area contributed by atoms with Gasteiger partial charge < -0.3 is 4.90 Å². The fourth-order valence-corrected chi connectivity index (χ4v) is 4.67. The zero-order valence-corrected chi connectivity index (χ0v) is 17.2. The Kier molecular flexibility index (Phi) is 5.83. The van der Waals surface area contributed by atoms with E-state index in [1.807, 2.05) is 0 Å². The van der Waals surface area contributed by atoms with Crippen molar-refractivity contribution in [2.45, 2.75) is 77.1 Å². The van der Waals surface area contributed by atoms with Crippen molar-refractivity contribution >= 4 is 11.6 Å². The maximum atomic E-state index is 14.4. The van der Waals surface area contributed by atoms with Crippen molar-refractivity contribution in [3.63, 3.8) is 0 Å². The molecule has 2 fully saturated rings. The minimum Gasteiger partial charge on any atom is -0.337 e. The monoisotopic (exact) mass is 404 g/mol. The lowest BCUT2D eigenvalue weighted by Gasteiger charge is -2.22. The highest BCUT2D eigenvalue weighted by molar-refractivity contribution is 5.93. The third-order valence-corrected chi connectivity index (χ3v) is 6.26. The zero-order chi connectivity index (χ0) is 20.4. The standard InChI is InChI=1S/C22H30F2N4O/c1-22(23,24)19-14-17(13-16-9-5-4-6-10-16)25-20-15-18(26-28(19)20)21(29)27-11-7-2-3-8-12-27/h14-16H,2-13H2,1H3. The van der Waals surface area contributed by atoms with Gasteiger partial charge in [-0.1, -0.05) is 44.9 Å². The summed E-state index contributed by atoms with van der Waals surface area (Å²) in [6.07, 6.45) is 10.8. The van der Waals surface area contributed by atoms with E-state index >= 15 is 0 Å². The van der Waals surface area contributed by atoms with Crippen LogP contribution in [-0.2, 0) is 12.3 Å². The zero-order valence-electron chi connectivity index (χ0n) is 17.2. The molecule has 5 nitrogen and oxygen atoms in total. The number of aromatic nitrogens is 3. The van der Waals surface area contributed by atoms with Crippen molar-refractivity contribution in [1.82, 2.24) is 19.5 Å². The third-order valence-electron chi connectivity index (χ3n) is 6.26. The van der Waals surface area contributed by atoms with E-state index in [0.717, 1.165) is 50.0 Å². The SMILES string of the molecule is CC(F)(F)c1cc(CC2CCCCC2)nc2cc(C(=O)N3CCCCCC3)nn12. The highest BCUT2D eigenvalue weighted by atomic mass is 19.3. The fourth-order valence-electron chi connectivity index (χ4n) is 4.67. The maximum absolute atomic E-state index is 14.4. The lowest BCUT2D eigenvalue weighted by atomic mass is 9.86. The normalized spacial score (nSPS) is 19.5. The molecule has 1 aliphatic carbocycles. The smallest absolute Gasteiger partial charge is 0.287 e. The van der Waals surface area contributed by atoms with Crippen LogP contribution < -0.4 is 0 Å². The summed E-state index contributed by atoms with van der Waals surface area (Å²) in [6, 6.07) is 3.06. The Labute approximate surface area is 170 Å². The predicted octanol–water partition coefficient (Wildman–Crippen LogP) is 4.98. The Hall–Kier alpha value is -2.05. The molecule has 4 rings (SSSR count). The molecule has 0 N–H and O–H groups in total. The Morgan fingerprint density at radius 3 is 2.38 bits per heavy atom. The van der Waals surface area contributed by atoms with E-state index in [1.54, 1.807) is 11.0 Å². The summed E-state index contributed by atoms with van der Waals surface area (Å²) >= 11 is 0. The first-order chi connectivity index (χ1) is 13.9. The van der Waals surface area contributed by atoms with Crippen LogP contribution in [0.3, 0.4) is 0 Å². The second-order valence-electron chi connectivity index (χ2n) is 8.74. The van der Waals surface area contributed by atoms with Gasteiger partial charge in [0.15, 0.2) is 11.3 Å². The Morgan fingerprint density at radius 1 is 1.07 bits per heavy atom. The van der Waals surface area contributed by atoms with Crippen molar-refractivity contribution in [2.75, 3.05) is 13.1 Å². The predicted molar refractivity (Wildman–Crippen MR) is 107 cm³/mol. The van der Waals surface area contributed by atoms with Gasteiger partial charge in [0.05, 0.1) is 0 Å². The molecule has 0 radical (unpaired) electrons. The first-order valence-electron chi connectivity index (χ1n) is 11.0. The van der Waals surface area contributed by atoms with E-state index in [9.17, 15) is 13.6 Å². The molecule has 0 spiro atoms. The van der Waals surface area contributed by atoms with Gasteiger partial charge in [-0.15, -0.1) is 0 Å². The summed E-state index contributed by atoms with van der Waals surface area (Å²) in [5, 5.41) is 4.26. The summed E-state index contributed by atoms with van der Waals surface area (Å²) in [5.41, 5.74) is 1.03. The van der Waals surface area contributed by atoms with Crippen LogP contribution in [0.15, 0.2) is 12.1 Å². The van der Waals surface area contributed by atoms with E-state index < -0.39 is 5.92 Å². The van der Waals surface area contributed by atoms with Crippen molar-refractivity contribution in [2.24, 2.45) is 5.92 Å². The van der Waals surface area contributed by atoms with Crippen LogP contribution >= 0.6 is 0 Å². The van der Waals surface area contributed by atoms with Crippen LogP contribution in [0.1, 0.15) is 86.6 Å². The lowest BCUT2D eigenvalue weighted by Crippen LogP contribution is -2.32. The minimum atomic E-state index is -3.06. The third kappa shape index (κ3) is 4.59. The number of nitrogens with zero attached hydrogens (tertiary/aromatic N) is 4. The average Bonchev–Trinajstić information content (AvgIpc) is 2.92. The molecule has 1 aliphatic heterocycles. The van der Waals surface area contributed by atoms with Crippen LogP contribution in [0.25, 0.3) is 5.65 Å². The first-order valence-corrected chi connectivity index (χ1v) is 11.0. The van der Waals surface area contributed by atoms with Gasteiger partial charge in [-0.05, 0) is 31.2 Å². The molecule has 2 aromatic heterocycles. The average molecular weight is 405 g/mol. The van der Waals surface area contributed by atoms with Crippen LogP contribution in [0.4, 0.5) is 8.78 Å². The highest BCUT2D eigenvalue weighted by Crippen LogP contribution is 2.31. The van der Waals surface area contributed by atoms with Crippen molar-refractivity contribution in [1.29, 1.82) is 0 Å². The molecule has 0 bridgehead atoms. The van der Waals surface area contributed by atoms with Gasteiger partial charge in [-0.25, -0.2) is 9.50 Å². The van der Waals surface area contributed by atoms with E-state index in [-0.39, 0.29) is 17.3 Å². The number of rotatable bonds is 4. The maximum Gasteiger partial charge on any atom is 0.287 e. The summed E-state index contributed by atoms with van der Waals surface area (Å²) in [7, 11) is 0. The van der Waals surface area contributed by atoms with E-state index in [0.29, 0.717) is 36.8 Å². The van der Waals surface area contributed by atoms with E-state index in [1.165, 1.54) is 25.3 Å². The van der Waals surface area contributed by atoms with Crippen molar-refractivity contribution in [3.05, 3.63) is 29.2 Å². The van der Waals surface area contributed by atoms with Gasteiger partial charge in [0, 0.05) is 31.8 Å². The molecular weight excluding hydrogens is 374 g/mol. The molecule has 2 aliphatic rings. The quantitative estimate of drug-likeness (QED) is 0.722. The Morgan fingerprint density at radius 2 is 1.72 bits per heavy atom. The minimum absolute atomic E-state index is 0.184. The molecule has 1 saturated carbocycles. The Balaban J connectivity index is 1.67. The molecule has 0 aromatic carbocycles. The molecule has 0 atom stereocenters. The van der Waals surface area contributed by atoms with Crippen LogP contribution in [0.2, 0.25) is 0 Å². The van der Waals surface area contributed by atoms with Gasteiger partial charge >= 0.3 is 0 Å². The molecule has 1 amide bonds. The number of halogens is 2. The van der Waals surface area contributed by atoms with Crippen LogP contribution in [-0.4, -0.2) is 38.5 Å². The molecule has 7 heteroatoms. The number of hydrogen-bond acceptors (Lipinski definition) is 3. The van der Waals surface area contributed by atoms with Gasteiger partial charge in [0.25, 0.3) is 11.8 Å². The molecule has 1 saturated heterocycles. The number of carbonyl (C=O) groups is 1. The molecular formula is C22H30F2N4O. The van der Waals surface area contributed by atoms with Crippen molar-refractivity contribution < 1.29 is 13.6 Å². The lowest BCUT2D eigenvalue weighted by molar-refractivity contribution is 0.0102. The van der Waals surface area contributed by atoms with Gasteiger partial charge in [0.2, 0.25) is 0 Å². The summed E-state index contributed by atoms with van der Waals surface area (Å²) in [4.78, 5) is 19.3. The Bertz CT molecular complexity index is 860. The number of alkyl halides is 2. The topological polar surface area (TPSA) is 50.5 Å². The van der Waals surface area contributed by atoms with E-state index in [2.05, 4.69) is 10.1 Å². The number of amides is 1. The molecule has 2 aromatic rings. The molecule has 158 valence electrons. The number of carbonyl (C=O) groups excluding carboxylic acids is 1. The second kappa shape index (κ2) is 8.36. The number of hydrogen-bond donors (Lipinski definition) is 0. The highest BCUT2D eigenvalue weighted by Gasteiger charge is 2.31. The molecule has 0 unspecified atom stereocenters. The van der Waals surface area contributed by atoms with Gasteiger partial charge in [-0.3, -0.25) is 4.79 Å². The van der Waals surface area contributed by atoms with Crippen molar-refractivity contribution in [3.8, 4) is 0 Å². The molecule has 29 heavy (non-hydrogen) atoms. The largest absolute Gasteiger partial charge is 0.337 e. The number of likely N-dealkylation sites (tertiary alicyclic amines) is 1. The van der Waals surface area contributed by atoms with Gasteiger partial charge in [0.1, 0.15) is 5.69 Å². The summed E-state index contributed by atoms with van der Waals surface area (Å²) in [6.45, 7) is 2.28. The summed E-state index contributed by atoms with van der Waals surface area (Å²) in [5.74, 6) is -2.74.